The Morgan fingerprint density at radius 3 is 2.67 bits per heavy atom. The minimum Gasteiger partial charge on any atom is -0.371 e. The summed E-state index contributed by atoms with van der Waals surface area (Å²) in [5.41, 5.74) is 8.94. The number of unbranched alkanes of at least 4 members (excludes halogenated alkanes) is 1. The maximum absolute atomic E-state index is 6.26. The first-order valence-electron chi connectivity index (χ1n) is 7.28. The Balaban J connectivity index is 2.00. The minimum absolute atomic E-state index is 0.401. The van der Waals surface area contributed by atoms with Crippen LogP contribution in [-0.2, 0) is 0 Å². The van der Waals surface area contributed by atoms with E-state index in [1.807, 2.05) is 0 Å². The molecule has 0 unspecified atom stereocenters. The van der Waals surface area contributed by atoms with Gasteiger partial charge in [0.25, 0.3) is 0 Å². The molecule has 0 spiro atoms. The van der Waals surface area contributed by atoms with Gasteiger partial charge in [0.05, 0.1) is 0 Å². The van der Waals surface area contributed by atoms with Gasteiger partial charge in [-0.05, 0) is 37.8 Å². The van der Waals surface area contributed by atoms with E-state index in [1.54, 1.807) is 0 Å². The fourth-order valence-corrected chi connectivity index (χ4v) is 2.81. The fourth-order valence-electron chi connectivity index (χ4n) is 2.81. The molecular formula is C16H26N2. The molecule has 0 amide bonds. The van der Waals surface area contributed by atoms with Crippen LogP contribution in [0.1, 0.15) is 38.2 Å². The van der Waals surface area contributed by atoms with Gasteiger partial charge < -0.3 is 10.6 Å². The maximum atomic E-state index is 6.26. The van der Waals surface area contributed by atoms with Gasteiger partial charge in [0.15, 0.2) is 0 Å². The molecule has 2 rings (SSSR count). The topological polar surface area (TPSA) is 29.3 Å². The number of piperidine rings is 1. The van der Waals surface area contributed by atoms with E-state index in [9.17, 15) is 0 Å². The van der Waals surface area contributed by atoms with Gasteiger partial charge >= 0.3 is 0 Å². The molecule has 2 N–H and O–H groups in total. The highest BCUT2D eigenvalue weighted by Crippen LogP contribution is 2.25. The van der Waals surface area contributed by atoms with Crippen molar-refractivity contribution >= 4 is 5.69 Å². The molecular weight excluding hydrogens is 220 g/mol. The molecule has 18 heavy (non-hydrogen) atoms. The van der Waals surface area contributed by atoms with Gasteiger partial charge in [0, 0.05) is 24.8 Å². The summed E-state index contributed by atoms with van der Waals surface area (Å²) in [6.45, 7) is 6.63. The predicted molar refractivity (Wildman–Crippen MR) is 79.0 cm³/mol. The van der Waals surface area contributed by atoms with Crippen molar-refractivity contribution in [2.75, 3.05) is 18.0 Å². The lowest BCUT2D eigenvalue weighted by Crippen LogP contribution is -2.47. The van der Waals surface area contributed by atoms with Crippen molar-refractivity contribution in [1.29, 1.82) is 0 Å². The van der Waals surface area contributed by atoms with Gasteiger partial charge in [-0.2, -0.15) is 0 Å². The predicted octanol–water partition coefficient (Wildman–Crippen LogP) is 3.34. The number of nitrogens with zero attached hydrogens (tertiary/aromatic N) is 1. The second kappa shape index (κ2) is 6.24. The standard InChI is InChI=1S/C16H26N2/c1-3-4-5-14-12-18(11-10-16(14)17)15-8-6-13(2)7-9-15/h6-9,14,16H,3-5,10-12,17H2,1-2H3/t14-,16+/m1/s1. The van der Waals surface area contributed by atoms with Crippen molar-refractivity contribution in [1.82, 2.24) is 0 Å². The summed E-state index contributed by atoms with van der Waals surface area (Å²) >= 11 is 0. The lowest BCUT2D eigenvalue weighted by Gasteiger charge is -2.38. The van der Waals surface area contributed by atoms with Crippen molar-refractivity contribution in [2.24, 2.45) is 11.7 Å². The number of hydrogen-bond donors (Lipinski definition) is 1. The van der Waals surface area contributed by atoms with E-state index in [4.69, 9.17) is 5.73 Å². The summed E-state index contributed by atoms with van der Waals surface area (Å²) in [4.78, 5) is 2.50. The molecule has 1 heterocycles. The van der Waals surface area contributed by atoms with Crippen LogP contribution in [0.15, 0.2) is 24.3 Å². The van der Waals surface area contributed by atoms with Crippen LogP contribution in [0.4, 0.5) is 5.69 Å². The summed E-state index contributed by atoms with van der Waals surface area (Å²) in [5, 5.41) is 0. The third kappa shape index (κ3) is 3.26. The molecule has 1 aliphatic heterocycles. The molecule has 1 aromatic carbocycles. The van der Waals surface area contributed by atoms with Gasteiger partial charge in [0.1, 0.15) is 0 Å². The van der Waals surface area contributed by atoms with Crippen molar-refractivity contribution in [3.8, 4) is 0 Å². The zero-order valence-corrected chi connectivity index (χ0v) is 11.7. The average molecular weight is 246 g/mol. The molecule has 1 fully saturated rings. The summed E-state index contributed by atoms with van der Waals surface area (Å²) in [5.74, 6) is 0.667. The van der Waals surface area contributed by atoms with Crippen molar-refractivity contribution < 1.29 is 0 Å². The second-order valence-corrected chi connectivity index (χ2v) is 5.64. The molecule has 0 radical (unpaired) electrons. The first kappa shape index (κ1) is 13.4. The summed E-state index contributed by atoms with van der Waals surface area (Å²) in [6, 6.07) is 9.28. The second-order valence-electron chi connectivity index (χ2n) is 5.64. The zero-order chi connectivity index (χ0) is 13.0. The monoisotopic (exact) mass is 246 g/mol. The van der Waals surface area contributed by atoms with Crippen LogP contribution in [0, 0.1) is 12.8 Å². The Hall–Kier alpha value is -1.02. The molecule has 2 heteroatoms. The number of benzene rings is 1. The molecule has 0 aliphatic carbocycles. The number of nitrogens with two attached hydrogens (primary N) is 1. The lowest BCUT2D eigenvalue weighted by atomic mass is 9.88. The van der Waals surface area contributed by atoms with Crippen molar-refractivity contribution in [3.63, 3.8) is 0 Å². The van der Waals surface area contributed by atoms with E-state index in [0.29, 0.717) is 12.0 Å². The van der Waals surface area contributed by atoms with Crippen LogP contribution in [0.3, 0.4) is 0 Å². The molecule has 0 saturated carbocycles. The zero-order valence-electron chi connectivity index (χ0n) is 11.7. The largest absolute Gasteiger partial charge is 0.371 e. The van der Waals surface area contributed by atoms with E-state index in [-0.39, 0.29) is 0 Å². The minimum atomic E-state index is 0.401. The normalized spacial score (nSPS) is 24.3. The molecule has 1 aliphatic rings. The van der Waals surface area contributed by atoms with Crippen molar-refractivity contribution in [3.05, 3.63) is 29.8 Å². The molecule has 1 aromatic rings. The highest BCUT2D eigenvalue weighted by Gasteiger charge is 2.26. The SMILES string of the molecule is CCCC[C@@H]1CN(c2ccc(C)cc2)CC[C@@H]1N. The summed E-state index contributed by atoms with van der Waals surface area (Å²) in [7, 11) is 0. The first-order chi connectivity index (χ1) is 8.70. The van der Waals surface area contributed by atoms with Gasteiger partial charge in [0.2, 0.25) is 0 Å². The van der Waals surface area contributed by atoms with Gasteiger partial charge in [-0.1, -0.05) is 37.5 Å². The molecule has 2 atom stereocenters. The Labute approximate surface area is 111 Å². The Bertz CT molecular complexity index is 358. The van der Waals surface area contributed by atoms with E-state index in [1.165, 1.54) is 30.5 Å². The summed E-state index contributed by atoms with van der Waals surface area (Å²) in [6.07, 6.45) is 4.98. The smallest absolute Gasteiger partial charge is 0.0366 e. The number of hydrogen-bond acceptors (Lipinski definition) is 2. The number of anilines is 1. The van der Waals surface area contributed by atoms with Gasteiger partial charge in [-0.3, -0.25) is 0 Å². The molecule has 0 aromatic heterocycles. The molecule has 0 bridgehead atoms. The first-order valence-corrected chi connectivity index (χ1v) is 7.28. The van der Waals surface area contributed by atoms with Crippen LogP contribution in [0.5, 0.6) is 0 Å². The number of aryl methyl sites for hydroxylation is 1. The Kier molecular flexibility index (Phi) is 4.65. The van der Waals surface area contributed by atoms with Crippen LogP contribution < -0.4 is 10.6 Å². The van der Waals surface area contributed by atoms with Gasteiger partial charge in [-0.15, -0.1) is 0 Å². The van der Waals surface area contributed by atoms with Crippen LogP contribution >= 0.6 is 0 Å². The highest BCUT2D eigenvalue weighted by molar-refractivity contribution is 5.48. The van der Waals surface area contributed by atoms with Crippen LogP contribution in [0.2, 0.25) is 0 Å². The van der Waals surface area contributed by atoms with Crippen LogP contribution in [0.25, 0.3) is 0 Å². The highest BCUT2D eigenvalue weighted by atomic mass is 15.1. The van der Waals surface area contributed by atoms with E-state index < -0.39 is 0 Å². The third-order valence-corrected chi connectivity index (χ3v) is 4.12. The van der Waals surface area contributed by atoms with E-state index >= 15 is 0 Å². The molecule has 2 nitrogen and oxygen atoms in total. The van der Waals surface area contributed by atoms with E-state index in [0.717, 1.165) is 19.5 Å². The van der Waals surface area contributed by atoms with E-state index in [2.05, 4.69) is 43.0 Å². The van der Waals surface area contributed by atoms with Gasteiger partial charge in [-0.25, -0.2) is 0 Å². The third-order valence-electron chi connectivity index (χ3n) is 4.12. The maximum Gasteiger partial charge on any atom is 0.0366 e. The fraction of sp³-hybridized carbons (Fsp3) is 0.625. The van der Waals surface area contributed by atoms with Crippen molar-refractivity contribution in [2.45, 2.75) is 45.6 Å². The molecule has 1 saturated heterocycles. The lowest BCUT2D eigenvalue weighted by molar-refractivity contribution is 0.330. The summed E-state index contributed by atoms with van der Waals surface area (Å²) < 4.78 is 0. The average Bonchev–Trinajstić information content (AvgIpc) is 2.39. The Morgan fingerprint density at radius 2 is 2.00 bits per heavy atom. The Morgan fingerprint density at radius 1 is 1.28 bits per heavy atom. The number of rotatable bonds is 4. The quantitative estimate of drug-likeness (QED) is 0.883. The molecule has 100 valence electrons. The van der Waals surface area contributed by atoms with Crippen LogP contribution in [-0.4, -0.2) is 19.1 Å².